The summed E-state index contributed by atoms with van der Waals surface area (Å²) in [6.07, 6.45) is 1.94. The van der Waals surface area contributed by atoms with E-state index >= 15 is 0 Å². The van der Waals surface area contributed by atoms with Gasteiger partial charge in [-0.25, -0.2) is 29.9 Å². The van der Waals surface area contributed by atoms with Crippen molar-refractivity contribution in [3.63, 3.8) is 0 Å². The Balaban J connectivity index is 0.982. The first-order valence-corrected chi connectivity index (χ1v) is 21.3. The molecule has 12 rings (SSSR count). The monoisotopic (exact) mass is 811 g/mol. The fourth-order valence-corrected chi connectivity index (χ4v) is 9.42. The lowest BCUT2D eigenvalue weighted by Crippen LogP contribution is -2.01. The van der Waals surface area contributed by atoms with E-state index in [0.29, 0.717) is 23.3 Å². The van der Waals surface area contributed by atoms with Crippen molar-refractivity contribution in [3.05, 3.63) is 200 Å². The lowest BCUT2D eigenvalue weighted by atomic mass is 10.1. The van der Waals surface area contributed by atoms with E-state index in [1.54, 1.807) is 11.3 Å². The van der Waals surface area contributed by atoms with E-state index < -0.39 is 0 Å². The molecule has 0 atom stereocenters. The van der Waals surface area contributed by atoms with Crippen LogP contribution in [0.5, 0.6) is 0 Å². The lowest BCUT2D eigenvalue weighted by molar-refractivity contribution is 1.07. The molecule has 0 fully saturated rings. The molecule has 290 valence electrons. The molecule has 7 aromatic carbocycles. The molecule has 12 aromatic rings. The molecular formula is C54H33N7S. The predicted octanol–water partition coefficient (Wildman–Crippen LogP) is 13.5. The van der Waals surface area contributed by atoms with E-state index in [-0.39, 0.29) is 0 Å². The highest BCUT2D eigenvalue weighted by atomic mass is 32.1. The first-order chi connectivity index (χ1) is 30.7. The minimum absolute atomic E-state index is 0.583. The van der Waals surface area contributed by atoms with Gasteiger partial charge in [0.2, 0.25) is 0 Å². The SMILES string of the molecule is c1ccc(-c2cnc3sc4c(-c5ccc(-c6nc(-c7ccccc7)nc(-c7cccc(-n8c9ccccc9c9ccccc98)c7)n6)cc5)nc(-c5ccccc5)nc4c3c2)cc1. The summed E-state index contributed by atoms with van der Waals surface area (Å²) in [5.41, 5.74) is 11.8. The average Bonchev–Trinajstić information content (AvgIpc) is 3.90. The third-order valence-electron chi connectivity index (χ3n) is 11.3. The van der Waals surface area contributed by atoms with Crippen LogP contribution >= 0.6 is 11.3 Å². The van der Waals surface area contributed by atoms with Crippen LogP contribution in [0.2, 0.25) is 0 Å². The van der Waals surface area contributed by atoms with Gasteiger partial charge < -0.3 is 4.57 Å². The number of aromatic nitrogens is 7. The Morgan fingerprint density at radius 1 is 0.355 bits per heavy atom. The van der Waals surface area contributed by atoms with E-state index in [1.165, 1.54) is 10.8 Å². The molecule has 0 aliphatic carbocycles. The minimum atomic E-state index is 0.583. The van der Waals surface area contributed by atoms with Crippen molar-refractivity contribution in [1.82, 2.24) is 34.5 Å². The van der Waals surface area contributed by atoms with Crippen molar-refractivity contribution in [2.45, 2.75) is 0 Å². The number of pyridine rings is 1. The predicted molar refractivity (Wildman–Crippen MR) is 253 cm³/mol. The third kappa shape index (κ3) is 6.20. The van der Waals surface area contributed by atoms with Gasteiger partial charge in [0.15, 0.2) is 23.3 Å². The Hall–Kier alpha value is -8.20. The van der Waals surface area contributed by atoms with Gasteiger partial charge in [-0.1, -0.05) is 164 Å². The van der Waals surface area contributed by atoms with E-state index in [1.807, 2.05) is 60.8 Å². The third-order valence-corrected chi connectivity index (χ3v) is 12.4. The zero-order chi connectivity index (χ0) is 41.0. The zero-order valence-corrected chi connectivity index (χ0v) is 33.9. The van der Waals surface area contributed by atoms with Crippen LogP contribution in [0.1, 0.15) is 0 Å². The van der Waals surface area contributed by atoms with Gasteiger partial charge in [0.05, 0.1) is 26.9 Å². The first-order valence-electron chi connectivity index (χ1n) is 20.4. The molecule has 0 amide bonds. The average molecular weight is 812 g/mol. The van der Waals surface area contributed by atoms with E-state index in [4.69, 9.17) is 29.9 Å². The molecule has 5 aromatic heterocycles. The molecule has 8 heteroatoms. The van der Waals surface area contributed by atoms with Crippen LogP contribution < -0.4 is 0 Å². The van der Waals surface area contributed by atoms with Crippen molar-refractivity contribution in [2.24, 2.45) is 0 Å². The second-order valence-corrected chi connectivity index (χ2v) is 16.2. The Kier molecular flexibility index (Phi) is 8.53. The maximum absolute atomic E-state index is 5.22. The second kappa shape index (κ2) is 14.8. The van der Waals surface area contributed by atoms with E-state index in [2.05, 4.69) is 144 Å². The Morgan fingerprint density at radius 3 is 1.48 bits per heavy atom. The normalized spacial score (nSPS) is 11.5. The maximum atomic E-state index is 5.22. The Labute approximate surface area is 360 Å². The molecule has 0 radical (unpaired) electrons. The number of para-hydroxylation sites is 2. The Bertz CT molecular complexity index is 3570. The van der Waals surface area contributed by atoms with Gasteiger partial charge in [-0.2, -0.15) is 0 Å². The molecule has 0 spiro atoms. The molecule has 0 N–H and O–H groups in total. The van der Waals surface area contributed by atoms with Crippen molar-refractivity contribution < 1.29 is 0 Å². The van der Waals surface area contributed by atoms with Crippen LogP contribution in [0.15, 0.2) is 200 Å². The molecule has 0 aliphatic rings. The fraction of sp³-hybridized carbons (Fsp3) is 0. The fourth-order valence-electron chi connectivity index (χ4n) is 8.34. The molecule has 0 aliphatic heterocycles. The number of nitrogens with zero attached hydrogens (tertiary/aromatic N) is 7. The number of rotatable bonds is 7. The summed E-state index contributed by atoms with van der Waals surface area (Å²) in [6.45, 7) is 0. The summed E-state index contributed by atoms with van der Waals surface area (Å²) < 4.78 is 3.30. The van der Waals surface area contributed by atoms with Gasteiger partial charge in [0, 0.05) is 61.4 Å². The molecule has 62 heavy (non-hydrogen) atoms. The summed E-state index contributed by atoms with van der Waals surface area (Å²) in [4.78, 5) is 31.5. The van der Waals surface area contributed by atoms with Crippen LogP contribution in [-0.2, 0) is 0 Å². The summed E-state index contributed by atoms with van der Waals surface area (Å²) >= 11 is 1.62. The van der Waals surface area contributed by atoms with Crippen LogP contribution in [0, 0.1) is 0 Å². The topological polar surface area (TPSA) is 82.3 Å². The van der Waals surface area contributed by atoms with Crippen LogP contribution in [0.4, 0.5) is 0 Å². The van der Waals surface area contributed by atoms with Gasteiger partial charge >= 0.3 is 0 Å². The quantitative estimate of drug-likeness (QED) is 0.159. The van der Waals surface area contributed by atoms with Crippen LogP contribution in [0.25, 0.3) is 116 Å². The zero-order valence-electron chi connectivity index (χ0n) is 33.1. The standard InChI is InChI=1S/C54H33N7S/c1-4-15-34(16-5-1)40-32-44-48-49(62-54(44)55-33-40)47(56-50(57-48)36-17-6-2-7-18-36)35-27-29-38(30-28-35)52-58-51(37-19-8-3-9-20-37)59-53(60-52)39-21-14-22-41(31-39)61-45-25-12-10-23-42(45)43-24-11-13-26-46(43)61/h1-33H. The number of thiophene rings is 1. The highest BCUT2D eigenvalue weighted by molar-refractivity contribution is 7.25. The highest BCUT2D eigenvalue weighted by Crippen LogP contribution is 2.41. The molecule has 5 heterocycles. The van der Waals surface area contributed by atoms with Crippen LogP contribution in [0.3, 0.4) is 0 Å². The molecule has 0 saturated heterocycles. The Morgan fingerprint density at radius 2 is 0.855 bits per heavy atom. The van der Waals surface area contributed by atoms with Gasteiger partial charge in [-0.05, 0) is 35.9 Å². The minimum Gasteiger partial charge on any atom is -0.309 e. The van der Waals surface area contributed by atoms with Crippen molar-refractivity contribution >= 4 is 53.6 Å². The number of fused-ring (bicyclic) bond motifs is 6. The molecule has 0 saturated carbocycles. The summed E-state index contributed by atoms with van der Waals surface area (Å²) in [6, 6.07) is 66.7. The summed E-state index contributed by atoms with van der Waals surface area (Å²) in [7, 11) is 0. The highest BCUT2D eigenvalue weighted by Gasteiger charge is 2.20. The molecular weight excluding hydrogens is 779 g/mol. The van der Waals surface area contributed by atoms with Gasteiger partial charge in [0.25, 0.3) is 0 Å². The lowest BCUT2D eigenvalue weighted by Gasteiger charge is -2.12. The van der Waals surface area contributed by atoms with Crippen molar-refractivity contribution in [2.75, 3.05) is 0 Å². The van der Waals surface area contributed by atoms with E-state index in [0.717, 1.165) is 81.8 Å². The number of hydrogen-bond donors (Lipinski definition) is 0. The van der Waals surface area contributed by atoms with Gasteiger partial charge in [-0.15, -0.1) is 11.3 Å². The van der Waals surface area contributed by atoms with Gasteiger partial charge in [-0.3, -0.25) is 0 Å². The first kappa shape index (κ1) is 35.7. The van der Waals surface area contributed by atoms with Crippen LogP contribution in [-0.4, -0.2) is 34.5 Å². The van der Waals surface area contributed by atoms with Gasteiger partial charge in [0.1, 0.15) is 4.83 Å². The number of benzene rings is 7. The maximum Gasteiger partial charge on any atom is 0.164 e. The number of hydrogen-bond acceptors (Lipinski definition) is 7. The molecule has 0 unspecified atom stereocenters. The summed E-state index contributed by atoms with van der Waals surface area (Å²) in [5, 5.41) is 3.44. The second-order valence-electron chi connectivity index (χ2n) is 15.2. The largest absolute Gasteiger partial charge is 0.309 e. The molecule has 0 bridgehead atoms. The molecule has 7 nitrogen and oxygen atoms in total. The van der Waals surface area contributed by atoms with Crippen molar-refractivity contribution in [3.8, 4) is 73.6 Å². The smallest absolute Gasteiger partial charge is 0.164 e. The van der Waals surface area contributed by atoms with Crippen molar-refractivity contribution in [1.29, 1.82) is 0 Å². The van der Waals surface area contributed by atoms with E-state index in [9.17, 15) is 0 Å². The summed E-state index contributed by atoms with van der Waals surface area (Å²) in [5.74, 6) is 2.45.